The summed E-state index contributed by atoms with van der Waals surface area (Å²) < 4.78 is 11.6. The lowest BCUT2D eigenvalue weighted by molar-refractivity contribution is 0.300. The van der Waals surface area contributed by atoms with Crippen molar-refractivity contribution in [3.05, 3.63) is 71.3 Å². The van der Waals surface area contributed by atoms with Gasteiger partial charge in [-0.1, -0.05) is 91.7 Å². The van der Waals surface area contributed by atoms with Gasteiger partial charge in [0.05, 0.1) is 25.1 Å². The molecule has 0 atom stereocenters. The Hall–Kier alpha value is -3.14. The number of unbranched alkanes of at least 4 members (excludes halogenated alkanes) is 7. The smallest absolute Gasteiger partial charge is 0.122 e. The maximum Gasteiger partial charge on any atom is 0.122 e. The zero-order chi connectivity index (χ0) is 28.7. The molecule has 0 radical (unpaired) electrons. The predicted octanol–water partition coefficient (Wildman–Crippen LogP) is 11.5. The molecule has 3 aromatic carbocycles. The van der Waals surface area contributed by atoms with Gasteiger partial charge in [-0.05, 0) is 95.5 Å². The standard InChI is InChI=1S/C36H50N2O2/c1-7-10-11-12-13-14-15-16-23-40-35-22-19-32(26-34(35)27(4)5)37-38-36-28(8-2)24-31(25-29(36)9-3)30-17-20-33(39-6)21-18-30/h17-22,24-27H,7-16,23H2,1-6H3/b38-37+. The second kappa shape index (κ2) is 16.8. The number of azo groups is 1. The first-order valence-electron chi connectivity index (χ1n) is 15.5. The van der Waals surface area contributed by atoms with Crippen LogP contribution < -0.4 is 9.47 Å². The van der Waals surface area contributed by atoms with Crippen LogP contribution in [0.4, 0.5) is 11.4 Å². The molecular weight excluding hydrogens is 492 g/mol. The van der Waals surface area contributed by atoms with Crippen LogP contribution in [-0.4, -0.2) is 13.7 Å². The number of ether oxygens (including phenoxy) is 2. The number of rotatable bonds is 17. The number of nitrogens with zero attached hydrogens (tertiary/aromatic N) is 2. The third-order valence-corrected chi connectivity index (χ3v) is 7.59. The van der Waals surface area contributed by atoms with Gasteiger partial charge in [0.15, 0.2) is 0 Å². The molecule has 0 N–H and O–H groups in total. The average Bonchev–Trinajstić information content (AvgIpc) is 2.99. The molecule has 0 fully saturated rings. The van der Waals surface area contributed by atoms with Gasteiger partial charge in [-0.3, -0.25) is 0 Å². The Morgan fingerprint density at radius 2 is 1.30 bits per heavy atom. The van der Waals surface area contributed by atoms with Crippen LogP contribution in [0.2, 0.25) is 0 Å². The van der Waals surface area contributed by atoms with Gasteiger partial charge in [0.2, 0.25) is 0 Å². The van der Waals surface area contributed by atoms with Gasteiger partial charge in [-0.25, -0.2) is 0 Å². The molecule has 0 aliphatic rings. The highest BCUT2D eigenvalue weighted by atomic mass is 16.5. The lowest BCUT2D eigenvalue weighted by Crippen LogP contribution is -2.01. The molecule has 0 heterocycles. The molecule has 40 heavy (non-hydrogen) atoms. The van der Waals surface area contributed by atoms with Crippen molar-refractivity contribution < 1.29 is 9.47 Å². The fourth-order valence-electron chi connectivity index (χ4n) is 5.08. The second-order valence-corrected chi connectivity index (χ2v) is 11.0. The van der Waals surface area contributed by atoms with Crippen LogP contribution >= 0.6 is 0 Å². The van der Waals surface area contributed by atoms with Crippen molar-refractivity contribution in [3.63, 3.8) is 0 Å². The Morgan fingerprint density at radius 3 is 1.88 bits per heavy atom. The van der Waals surface area contributed by atoms with Gasteiger partial charge in [0.25, 0.3) is 0 Å². The monoisotopic (exact) mass is 542 g/mol. The molecule has 3 aromatic rings. The zero-order valence-corrected chi connectivity index (χ0v) is 25.8. The summed E-state index contributed by atoms with van der Waals surface area (Å²) in [6.45, 7) is 11.8. The quantitative estimate of drug-likeness (QED) is 0.126. The lowest BCUT2D eigenvalue weighted by atomic mass is 9.95. The number of hydrogen-bond acceptors (Lipinski definition) is 4. The molecule has 0 aliphatic heterocycles. The van der Waals surface area contributed by atoms with E-state index in [9.17, 15) is 0 Å². The molecular formula is C36H50N2O2. The Labute approximate surface area is 243 Å². The van der Waals surface area contributed by atoms with Gasteiger partial charge in [-0.2, -0.15) is 5.11 Å². The summed E-state index contributed by atoms with van der Waals surface area (Å²) in [6, 6.07) is 19.0. The summed E-state index contributed by atoms with van der Waals surface area (Å²) >= 11 is 0. The fourth-order valence-corrected chi connectivity index (χ4v) is 5.08. The zero-order valence-electron chi connectivity index (χ0n) is 25.8. The Kier molecular flexibility index (Phi) is 13.2. The molecule has 0 spiro atoms. The maximum absolute atomic E-state index is 6.22. The van der Waals surface area contributed by atoms with E-state index in [1.54, 1.807) is 7.11 Å². The van der Waals surface area contributed by atoms with Gasteiger partial charge in [0, 0.05) is 0 Å². The number of methoxy groups -OCH3 is 1. The third kappa shape index (κ3) is 9.21. The molecule has 0 saturated carbocycles. The lowest BCUT2D eigenvalue weighted by Gasteiger charge is -2.15. The summed E-state index contributed by atoms with van der Waals surface area (Å²) in [5.41, 5.74) is 7.85. The Balaban J connectivity index is 1.70. The van der Waals surface area contributed by atoms with E-state index in [2.05, 4.69) is 71.0 Å². The van der Waals surface area contributed by atoms with E-state index in [0.29, 0.717) is 5.92 Å². The molecule has 4 heteroatoms. The fraction of sp³-hybridized carbons (Fsp3) is 0.500. The minimum absolute atomic E-state index is 0.352. The van der Waals surface area contributed by atoms with Crippen molar-refractivity contribution in [1.29, 1.82) is 0 Å². The van der Waals surface area contributed by atoms with Crippen molar-refractivity contribution in [1.82, 2.24) is 0 Å². The van der Waals surface area contributed by atoms with Gasteiger partial charge >= 0.3 is 0 Å². The first-order chi connectivity index (χ1) is 19.5. The van der Waals surface area contributed by atoms with E-state index in [4.69, 9.17) is 19.7 Å². The summed E-state index contributed by atoms with van der Waals surface area (Å²) in [6.07, 6.45) is 12.2. The molecule has 0 unspecified atom stereocenters. The van der Waals surface area contributed by atoms with E-state index >= 15 is 0 Å². The predicted molar refractivity (Wildman–Crippen MR) is 170 cm³/mol. The van der Waals surface area contributed by atoms with E-state index in [-0.39, 0.29) is 0 Å². The van der Waals surface area contributed by atoms with E-state index in [1.807, 2.05) is 18.2 Å². The number of benzene rings is 3. The summed E-state index contributed by atoms with van der Waals surface area (Å²) in [5.74, 6) is 2.19. The minimum atomic E-state index is 0.352. The average molecular weight is 543 g/mol. The van der Waals surface area contributed by atoms with E-state index < -0.39 is 0 Å². The van der Waals surface area contributed by atoms with Crippen LogP contribution in [0.15, 0.2) is 64.8 Å². The van der Waals surface area contributed by atoms with Crippen molar-refractivity contribution in [3.8, 4) is 22.6 Å². The molecule has 3 rings (SSSR count). The van der Waals surface area contributed by atoms with E-state index in [0.717, 1.165) is 48.7 Å². The van der Waals surface area contributed by atoms with Gasteiger partial charge < -0.3 is 9.47 Å². The minimum Gasteiger partial charge on any atom is -0.497 e. The summed E-state index contributed by atoms with van der Waals surface area (Å²) in [7, 11) is 1.70. The van der Waals surface area contributed by atoms with Crippen LogP contribution in [0, 0.1) is 0 Å². The number of hydrogen-bond donors (Lipinski definition) is 0. The SMILES string of the molecule is CCCCCCCCCCOc1ccc(/N=N/c2c(CC)cc(-c3ccc(OC)cc3)cc2CC)cc1C(C)C. The number of aryl methyl sites for hydroxylation is 2. The highest BCUT2D eigenvalue weighted by Crippen LogP contribution is 2.35. The molecule has 4 nitrogen and oxygen atoms in total. The Bertz CT molecular complexity index is 1170. The van der Waals surface area contributed by atoms with Crippen LogP contribution in [0.25, 0.3) is 11.1 Å². The summed E-state index contributed by atoms with van der Waals surface area (Å²) in [5, 5.41) is 9.50. The molecule has 0 saturated heterocycles. The van der Waals surface area contributed by atoms with Crippen molar-refractivity contribution in [2.75, 3.05) is 13.7 Å². The highest BCUT2D eigenvalue weighted by Gasteiger charge is 2.12. The summed E-state index contributed by atoms with van der Waals surface area (Å²) in [4.78, 5) is 0. The largest absolute Gasteiger partial charge is 0.497 e. The first kappa shape index (κ1) is 31.4. The van der Waals surface area contributed by atoms with Gasteiger partial charge in [-0.15, -0.1) is 5.11 Å². The van der Waals surface area contributed by atoms with Crippen LogP contribution in [0.3, 0.4) is 0 Å². The molecule has 0 amide bonds. The second-order valence-electron chi connectivity index (χ2n) is 11.0. The van der Waals surface area contributed by atoms with Crippen LogP contribution in [-0.2, 0) is 12.8 Å². The molecule has 0 aromatic heterocycles. The van der Waals surface area contributed by atoms with Gasteiger partial charge in [0.1, 0.15) is 11.5 Å². The molecule has 0 bridgehead atoms. The van der Waals surface area contributed by atoms with Crippen LogP contribution in [0.1, 0.15) is 109 Å². The third-order valence-electron chi connectivity index (χ3n) is 7.59. The molecule has 216 valence electrons. The van der Waals surface area contributed by atoms with Crippen molar-refractivity contribution >= 4 is 11.4 Å². The van der Waals surface area contributed by atoms with E-state index in [1.165, 1.54) is 72.8 Å². The maximum atomic E-state index is 6.22. The normalized spacial score (nSPS) is 11.5. The van der Waals surface area contributed by atoms with Crippen molar-refractivity contribution in [2.24, 2.45) is 10.2 Å². The topological polar surface area (TPSA) is 43.2 Å². The molecule has 0 aliphatic carbocycles. The van der Waals surface area contributed by atoms with Crippen molar-refractivity contribution in [2.45, 2.75) is 105 Å². The van der Waals surface area contributed by atoms with Crippen LogP contribution in [0.5, 0.6) is 11.5 Å². The highest BCUT2D eigenvalue weighted by molar-refractivity contribution is 5.71. The first-order valence-corrected chi connectivity index (χ1v) is 15.5. The Morgan fingerprint density at radius 1 is 0.675 bits per heavy atom.